The molecule has 2 unspecified atom stereocenters. The topological polar surface area (TPSA) is 20.2 Å². The fourth-order valence-corrected chi connectivity index (χ4v) is 2.57. The molecular formula is C13H16F2O. The molecule has 0 bridgehead atoms. The maximum atomic E-state index is 12.8. The molecule has 3 heteroatoms. The maximum Gasteiger partial charge on any atom is 0.242 e. The number of alkyl halides is 2. The van der Waals surface area contributed by atoms with Gasteiger partial charge in [0.2, 0.25) is 6.43 Å². The van der Waals surface area contributed by atoms with Crippen LogP contribution < -0.4 is 0 Å². The lowest BCUT2D eigenvalue weighted by molar-refractivity contribution is 0.0717. The summed E-state index contributed by atoms with van der Waals surface area (Å²) in [6, 6.07) is 7.38. The molecule has 1 fully saturated rings. The molecule has 88 valence electrons. The van der Waals surface area contributed by atoms with Crippen molar-refractivity contribution in [1.82, 2.24) is 0 Å². The lowest BCUT2D eigenvalue weighted by Gasteiger charge is -2.19. The van der Waals surface area contributed by atoms with Crippen LogP contribution in [0.1, 0.15) is 36.3 Å². The van der Waals surface area contributed by atoms with Gasteiger partial charge in [-0.2, -0.15) is 0 Å². The van der Waals surface area contributed by atoms with Gasteiger partial charge in [-0.1, -0.05) is 30.7 Å². The second kappa shape index (κ2) is 4.91. The molecule has 0 amide bonds. The highest BCUT2D eigenvalue weighted by Gasteiger charge is 2.34. The Morgan fingerprint density at radius 3 is 2.44 bits per heavy atom. The van der Waals surface area contributed by atoms with Gasteiger partial charge >= 0.3 is 0 Å². The van der Waals surface area contributed by atoms with Gasteiger partial charge in [0.1, 0.15) is 0 Å². The van der Waals surface area contributed by atoms with Crippen molar-refractivity contribution in [2.75, 3.05) is 0 Å². The summed E-state index contributed by atoms with van der Waals surface area (Å²) in [7, 11) is 0. The van der Waals surface area contributed by atoms with Crippen molar-refractivity contribution >= 4 is 0 Å². The third-order valence-electron chi connectivity index (χ3n) is 3.48. The summed E-state index contributed by atoms with van der Waals surface area (Å²) >= 11 is 0. The molecule has 0 aliphatic heterocycles. The van der Waals surface area contributed by atoms with E-state index in [1.165, 1.54) is 0 Å². The van der Waals surface area contributed by atoms with E-state index in [0.29, 0.717) is 6.42 Å². The zero-order valence-electron chi connectivity index (χ0n) is 9.07. The molecule has 1 saturated carbocycles. The molecule has 1 aromatic carbocycles. The van der Waals surface area contributed by atoms with E-state index in [9.17, 15) is 8.78 Å². The summed E-state index contributed by atoms with van der Waals surface area (Å²) < 4.78 is 25.6. The molecule has 1 aliphatic carbocycles. The first-order chi connectivity index (χ1) is 7.72. The lowest BCUT2D eigenvalue weighted by atomic mass is 9.89. The van der Waals surface area contributed by atoms with Crippen LogP contribution in [0.25, 0.3) is 0 Å². The van der Waals surface area contributed by atoms with Gasteiger partial charge in [0.25, 0.3) is 0 Å². The van der Waals surface area contributed by atoms with Crippen LogP contribution in [0.15, 0.2) is 24.3 Å². The summed E-state index contributed by atoms with van der Waals surface area (Å²) in [5.41, 5.74) is 1.82. The van der Waals surface area contributed by atoms with Crippen LogP contribution in [0.3, 0.4) is 0 Å². The Morgan fingerprint density at radius 1 is 1.19 bits per heavy atom. The maximum absolute atomic E-state index is 12.8. The molecule has 2 atom stereocenters. The smallest absolute Gasteiger partial charge is 0.242 e. The predicted octanol–water partition coefficient (Wildman–Crippen LogP) is 3.33. The molecule has 2 rings (SSSR count). The van der Waals surface area contributed by atoms with Crippen molar-refractivity contribution in [2.24, 2.45) is 5.92 Å². The second-order valence-electron chi connectivity index (χ2n) is 4.44. The van der Waals surface area contributed by atoms with E-state index < -0.39 is 12.3 Å². The van der Waals surface area contributed by atoms with E-state index >= 15 is 0 Å². The minimum atomic E-state index is -2.22. The van der Waals surface area contributed by atoms with Crippen molar-refractivity contribution in [3.8, 4) is 0 Å². The Morgan fingerprint density at radius 2 is 1.88 bits per heavy atom. The summed E-state index contributed by atoms with van der Waals surface area (Å²) in [4.78, 5) is 0. The molecule has 0 heterocycles. The normalized spacial score (nSPS) is 25.2. The van der Waals surface area contributed by atoms with E-state index in [1.54, 1.807) is 0 Å². The number of hydrogen-bond acceptors (Lipinski definition) is 1. The van der Waals surface area contributed by atoms with E-state index in [0.717, 1.165) is 24.0 Å². The van der Waals surface area contributed by atoms with Crippen molar-refractivity contribution < 1.29 is 13.9 Å². The molecule has 0 saturated heterocycles. The lowest BCUT2D eigenvalue weighted by Crippen LogP contribution is -2.14. The van der Waals surface area contributed by atoms with E-state index in [1.807, 2.05) is 24.3 Å². The zero-order valence-corrected chi connectivity index (χ0v) is 9.07. The average Bonchev–Trinajstić information content (AvgIpc) is 2.78. The third-order valence-corrected chi connectivity index (χ3v) is 3.48. The van der Waals surface area contributed by atoms with Gasteiger partial charge in [0.05, 0.1) is 6.61 Å². The first-order valence-corrected chi connectivity index (χ1v) is 5.70. The average molecular weight is 226 g/mol. The highest BCUT2D eigenvalue weighted by Crippen LogP contribution is 2.42. The summed E-state index contributed by atoms with van der Waals surface area (Å²) in [6.07, 6.45) is 0.156. The van der Waals surface area contributed by atoms with E-state index in [2.05, 4.69) is 0 Å². The molecule has 1 aromatic rings. The van der Waals surface area contributed by atoms with Gasteiger partial charge in [-0.3, -0.25) is 0 Å². The Balaban J connectivity index is 2.16. The van der Waals surface area contributed by atoms with Crippen LogP contribution in [0, 0.1) is 5.92 Å². The Kier molecular flexibility index (Phi) is 3.54. The Hall–Kier alpha value is -0.960. The number of aliphatic hydroxyl groups excluding tert-OH is 1. The largest absolute Gasteiger partial charge is 0.392 e. The fraction of sp³-hybridized carbons (Fsp3) is 0.538. The standard InChI is InChI=1S/C13H16F2O/c14-13(15)12-3-1-2-11(12)10-6-4-9(8-16)5-7-10/h4-7,11-13,16H,1-3,8H2. The van der Waals surface area contributed by atoms with Crippen molar-refractivity contribution in [2.45, 2.75) is 38.2 Å². The second-order valence-corrected chi connectivity index (χ2v) is 4.44. The zero-order chi connectivity index (χ0) is 11.5. The van der Waals surface area contributed by atoms with Crippen molar-refractivity contribution in [3.63, 3.8) is 0 Å². The van der Waals surface area contributed by atoms with Crippen molar-refractivity contribution in [3.05, 3.63) is 35.4 Å². The molecule has 16 heavy (non-hydrogen) atoms. The summed E-state index contributed by atoms with van der Waals surface area (Å²) in [5, 5.41) is 8.91. The van der Waals surface area contributed by atoms with Gasteiger partial charge in [-0.15, -0.1) is 0 Å². The van der Waals surface area contributed by atoms with Gasteiger partial charge in [-0.25, -0.2) is 8.78 Å². The van der Waals surface area contributed by atoms with Crippen molar-refractivity contribution in [1.29, 1.82) is 0 Å². The van der Waals surface area contributed by atoms with Crippen LogP contribution in [0.2, 0.25) is 0 Å². The third kappa shape index (κ3) is 2.24. The highest BCUT2D eigenvalue weighted by atomic mass is 19.3. The molecule has 1 N–H and O–H groups in total. The quantitative estimate of drug-likeness (QED) is 0.838. The van der Waals surface area contributed by atoms with Crippen LogP contribution >= 0.6 is 0 Å². The predicted molar refractivity (Wildman–Crippen MR) is 58.5 cm³/mol. The van der Waals surface area contributed by atoms with Crippen LogP contribution in [-0.2, 0) is 6.61 Å². The Bertz CT molecular complexity index is 334. The minimum Gasteiger partial charge on any atom is -0.392 e. The molecule has 0 spiro atoms. The molecule has 1 aliphatic rings. The summed E-state index contributed by atoms with van der Waals surface area (Å²) in [5.74, 6) is -0.493. The molecular weight excluding hydrogens is 210 g/mol. The van der Waals surface area contributed by atoms with Crippen LogP contribution in [0.4, 0.5) is 8.78 Å². The number of benzene rings is 1. The van der Waals surface area contributed by atoms with Gasteiger partial charge in [0, 0.05) is 5.92 Å². The SMILES string of the molecule is OCc1ccc(C2CCCC2C(F)F)cc1. The first-order valence-electron chi connectivity index (χ1n) is 5.70. The van der Waals surface area contributed by atoms with Gasteiger partial charge in [0.15, 0.2) is 0 Å². The minimum absolute atomic E-state index is 0.00320. The van der Waals surface area contributed by atoms with Gasteiger partial charge in [-0.05, 0) is 29.9 Å². The number of hydrogen-bond donors (Lipinski definition) is 1. The fourth-order valence-electron chi connectivity index (χ4n) is 2.57. The monoisotopic (exact) mass is 226 g/mol. The van der Waals surface area contributed by atoms with Gasteiger partial charge < -0.3 is 5.11 Å². The van der Waals surface area contributed by atoms with E-state index in [-0.39, 0.29) is 12.5 Å². The van der Waals surface area contributed by atoms with Crippen LogP contribution in [-0.4, -0.2) is 11.5 Å². The van der Waals surface area contributed by atoms with Crippen LogP contribution in [0.5, 0.6) is 0 Å². The summed E-state index contributed by atoms with van der Waals surface area (Å²) in [6.45, 7) is 0.00320. The first kappa shape index (κ1) is 11.5. The Labute approximate surface area is 94.1 Å². The molecule has 0 aromatic heterocycles. The molecule has 0 radical (unpaired) electrons. The number of rotatable bonds is 3. The highest BCUT2D eigenvalue weighted by molar-refractivity contribution is 5.26. The number of halogens is 2. The molecule has 1 nitrogen and oxygen atoms in total. The number of aliphatic hydroxyl groups is 1. The van der Waals surface area contributed by atoms with E-state index in [4.69, 9.17) is 5.11 Å².